The fourth-order valence-corrected chi connectivity index (χ4v) is 3.88. The third kappa shape index (κ3) is 5.42. The van der Waals surface area contributed by atoms with Crippen LogP contribution in [-0.2, 0) is 17.3 Å². The van der Waals surface area contributed by atoms with Crippen LogP contribution in [0.3, 0.4) is 0 Å². The average Bonchev–Trinajstić information content (AvgIpc) is 3.21. The summed E-state index contributed by atoms with van der Waals surface area (Å²) in [4.78, 5) is 18.6. The van der Waals surface area contributed by atoms with E-state index in [0.29, 0.717) is 24.4 Å². The molecule has 2 aromatic carbocycles. The summed E-state index contributed by atoms with van der Waals surface area (Å²) in [5, 5.41) is 0. The summed E-state index contributed by atoms with van der Waals surface area (Å²) in [6, 6.07) is 13.4. The molecule has 0 saturated carbocycles. The first-order valence-corrected chi connectivity index (χ1v) is 11.1. The van der Waals surface area contributed by atoms with Crippen molar-refractivity contribution >= 4 is 17.6 Å². The van der Waals surface area contributed by atoms with Crippen LogP contribution in [0.1, 0.15) is 18.1 Å². The highest BCUT2D eigenvalue weighted by Crippen LogP contribution is 2.33. The van der Waals surface area contributed by atoms with E-state index < -0.39 is 23.7 Å². The molecule has 10 heteroatoms. The highest BCUT2D eigenvalue weighted by atomic mass is 19.4. The number of alkyl halides is 3. The fourth-order valence-electron chi connectivity index (χ4n) is 3.88. The Balaban J connectivity index is 1.44. The molecule has 3 aromatic rings. The fraction of sp³-hybridized carbons (Fsp3) is 0.231. The molecule has 6 nitrogen and oxygen atoms in total. The van der Waals surface area contributed by atoms with Crippen LogP contribution in [0, 0.1) is 5.82 Å². The number of halogens is 4. The molecule has 36 heavy (non-hydrogen) atoms. The summed E-state index contributed by atoms with van der Waals surface area (Å²) in [5.74, 6) is 0.0424. The minimum Gasteiger partial charge on any atom is -0.454 e. The Morgan fingerprint density at radius 1 is 1.19 bits per heavy atom. The Hall–Kier alpha value is -4.08. The van der Waals surface area contributed by atoms with E-state index in [4.69, 9.17) is 9.47 Å². The summed E-state index contributed by atoms with van der Waals surface area (Å²) in [7, 11) is 0. The molecule has 1 atom stereocenters. The molecule has 1 amide bonds. The maximum atomic E-state index is 14.9. The van der Waals surface area contributed by atoms with Crippen LogP contribution in [0.2, 0.25) is 0 Å². The minimum absolute atomic E-state index is 0.00412. The lowest BCUT2D eigenvalue weighted by Gasteiger charge is -2.23. The predicted octanol–water partition coefficient (Wildman–Crippen LogP) is 6.70. The van der Waals surface area contributed by atoms with Crippen molar-refractivity contribution in [2.24, 2.45) is 0 Å². The number of anilines is 2. The van der Waals surface area contributed by atoms with Gasteiger partial charge in [-0.1, -0.05) is 18.7 Å². The highest BCUT2D eigenvalue weighted by Gasteiger charge is 2.31. The van der Waals surface area contributed by atoms with Crippen LogP contribution in [0.25, 0.3) is 0 Å². The van der Waals surface area contributed by atoms with Crippen LogP contribution >= 0.6 is 0 Å². The molecular weight excluding hydrogens is 478 g/mol. The zero-order valence-electron chi connectivity index (χ0n) is 19.3. The van der Waals surface area contributed by atoms with Gasteiger partial charge in [-0.05, 0) is 55.3 Å². The number of amides is 1. The Morgan fingerprint density at radius 2 is 1.94 bits per heavy atom. The number of nitrogens with zero attached hydrogens (tertiary/aromatic N) is 3. The summed E-state index contributed by atoms with van der Waals surface area (Å²) < 4.78 is 64.0. The van der Waals surface area contributed by atoms with Gasteiger partial charge in [0.05, 0.1) is 11.6 Å². The lowest BCUT2D eigenvalue weighted by atomic mass is 10.1. The van der Waals surface area contributed by atoms with Crippen molar-refractivity contribution in [3.05, 3.63) is 90.5 Å². The zero-order valence-corrected chi connectivity index (χ0v) is 19.3. The van der Waals surface area contributed by atoms with E-state index in [1.54, 1.807) is 30.0 Å². The lowest BCUT2D eigenvalue weighted by molar-refractivity contribution is -0.137. The molecule has 0 unspecified atom stereocenters. The van der Waals surface area contributed by atoms with Crippen molar-refractivity contribution in [2.45, 2.75) is 25.6 Å². The number of aromatic nitrogens is 1. The molecule has 1 aliphatic rings. The average molecular weight is 501 g/mol. The van der Waals surface area contributed by atoms with Gasteiger partial charge in [0, 0.05) is 30.7 Å². The third-order valence-electron chi connectivity index (χ3n) is 5.72. The molecule has 4 rings (SSSR count). The molecule has 188 valence electrons. The molecule has 1 fully saturated rings. The maximum absolute atomic E-state index is 14.9. The van der Waals surface area contributed by atoms with E-state index >= 15 is 0 Å². The molecule has 0 radical (unpaired) electrons. The van der Waals surface area contributed by atoms with Crippen LogP contribution in [0.4, 0.5) is 33.9 Å². The van der Waals surface area contributed by atoms with Crippen molar-refractivity contribution in [2.75, 3.05) is 18.1 Å². The molecule has 2 heterocycles. The van der Waals surface area contributed by atoms with Gasteiger partial charge in [-0.2, -0.15) is 13.2 Å². The van der Waals surface area contributed by atoms with Gasteiger partial charge in [-0.3, -0.25) is 4.90 Å². The van der Waals surface area contributed by atoms with Gasteiger partial charge in [-0.25, -0.2) is 14.2 Å². The van der Waals surface area contributed by atoms with Crippen LogP contribution in [-0.4, -0.2) is 35.2 Å². The van der Waals surface area contributed by atoms with Gasteiger partial charge in [0.25, 0.3) is 0 Å². The first-order valence-electron chi connectivity index (χ1n) is 11.1. The minimum atomic E-state index is -4.48. The first kappa shape index (κ1) is 25.0. The Labute approximate surface area is 205 Å². The van der Waals surface area contributed by atoms with Crippen molar-refractivity contribution in [1.82, 2.24) is 9.88 Å². The lowest BCUT2D eigenvalue weighted by Crippen LogP contribution is -2.29. The SMILES string of the molecule is C=CN1C(=O)OC[C@@H]1Cc1ccc(Oc2ccc(N(CC)c3ccc(C(F)(F)F)cn3)cc2F)cc1. The van der Waals surface area contributed by atoms with Gasteiger partial charge in [0.2, 0.25) is 0 Å². The summed E-state index contributed by atoms with van der Waals surface area (Å²) >= 11 is 0. The normalized spacial score (nSPS) is 15.5. The molecular formula is C26H23F4N3O3. The molecule has 1 aliphatic heterocycles. The smallest absolute Gasteiger partial charge is 0.417 e. The number of hydrogen-bond donors (Lipinski definition) is 0. The van der Waals surface area contributed by atoms with Crippen molar-refractivity contribution < 1.29 is 31.8 Å². The topological polar surface area (TPSA) is 54.9 Å². The molecule has 1 aromatic heterocycles. The van der Waals surface area contributed by atoms with E-state index in [1.165, 1.54) is 29.3 Å². The van der Waals surface area contributed by atoms with Crippen molar-refractivity contribution in [3.8, 4) is 11.5 Å². The van der Waals surface area contributed by atoms with Gasteiger partial charge in [-0.15, -0.1) is 0 Å². The second-order valence-corrected chi connectivity index (χ2v) is 8.03. The van der Waals surface area contributed by atoms with Crippen LogP contribution in [0.5, 0.6) is 11.5 Å². The Morgan fingerprint density at radius 3 is 2.53 bits per heavy atom. The number of ether oxygens (including phenoxy) is 2. The van der Waals surface area contributed by atoms with Gasteiger partial charge >= 0.3 is 12.3 Å². The predicted molar refractivity (Wildman–Crippen MR) is 126 cm³/mol. The Bertz CT molecular complexity index is 1230. The van der Waals surface area contributed by atoms with E-state index in [9.17, 15) is 22.4 Å². The zero-order chi connectivity index (χ0) is 25.9. The van der Waals surface area contributed by atoms with E-state index in [0.717, 1.165) is 17.8 Å². The third-order valence-corrected chi connectivity index (χ3v) is 5.72. The van der Waals surface area contributed by atoms with E-state index in [2.05, 4.69) is 11.6 Å². The molecule has 0 N–H and O–H groups in total. The monoisotopic (exact) mass is 501 g/mol. The molecule has 0 spiro atoms. The maximum Gasteiger partial charge on any atom is 0.417 e. The highest BCUT2D eigenvalue weighted by molar-refractivity contribution is 5.71. The second kappa shape index (κ2) is 10.3. The van der Waals surface area contributed by atoms with Crippen LogP contribution in [0.15, 0.2) is 73.6 Å². The van der Waals surface area contributed by atoms with Gasteiger partial charge < -0.3 is 14.4 Å². The standard InChI is InChI=1S/C26H23F4N3O3/c1-3-32(24-12-7-18(15-31-24)26(28,29)30)19-8-11-23(22(27)14-19)36-21-9-5-17(6-10-21)13-20-16-35-25(34)33(20)4-2/h4-12,14-15,20H,2-3,13,16H2,1H3/t20-/m0/s1. The largest absolute Gasteiger partial charge is 0.454 e. The number of benzene rings is 2. The quantitative estimate of drug-likeness (QED) is 0.322. The van der Waals surface area contributed by atoms with Gasteiger partial charge in [0.15, 0.2) is 11.6 Å². The number of cyclic esters (lactones) is 1. The number of carbonyl (C=O) groups is 1. The van der Waals surface area contributed by atoms with Crippen molar-refractivity contribution in [1.29, 1.82) is 0 Å². The summed E-state index contributed by atoms with van der Waals surface area (Å²) in [5.41, 5.74) is 0.507. The number of pyridine rings is 1. The number of carbonyl (C=O) groups excluding carboxylic acids is 1. The first-order chi connectivity index (χ1) is 17.2. The number of rotatable bonds is 8. The second-order valence-electron chi connectivity index (χ2n) is 8.03. The van der Waals surface area contributed by atoms with Crippen molar-refractivity contribution in [3.63, 3.8) is 0 Å². The molecule has 1 saturated heterocycles. The summed E-state index contributed by atoms with van der Waals surface area (Å²) in [6.45, 7) is 6.05. The van der Waals surface area contributed by atoms with Crippen LogP contribution < -0.4 is 9.64 Å². The molecule has 0 bridgehead atoms. The number of hydrogen-bond acceptors (Lipinski definition) is 5. The molecule has 0 aliphatic carbocycles. The Kier molecular flexibility index (Phi) is 7.14. The van der Waals surface area contributed by atoms with E-state index in [-0.39, 0.29) is 24.2 Å². The van der Waals surface area contributed by atoms with Gasteiger partial charge in [0.1, 0.15) is 18.2 Å². The summed E-state index contributed by atoms with van der Waals surface area (Å²) in [6.07, 6.45) is -2.16. The van der Waals surface area contributed by atoms with E-state index in [1.807, 2.05) is 12.1 Å².